The molecule has 0 bridgehead atoms. The van der Waals surface area contributed by atoms with E-state index in [0.717, 1.165) is 5.82 Å². The number of benzene rings is 1. The third kappa shape index (κ3) is 1.39. The molecule has 3 rings (SSSR count). The molecule has 2 aromatic heterocycles. The first-order valence-electron chi connectivity index (χ1n) is 5.33. The van der Waals surface area contributed by atoms with Gasteiger partial charge < -0.3 is 9.55 Å². The van der Waals surface area contributed by atoms with Gasteiger partial charge in [-0.2, -0.15) is 0 Å². The lowest BCUT2D eigenvalue weighted by atomic mass is 10.2. The molecule has 0 saturated carbocycles. The first-order valence-corrected chi connectivity index (χ1v) is 6.09. The molecule has 0 saturated heterocycles. The van der Waals surface area contributed by atoms with Gasteiger partial charge in [0.05, 0.1) is 15.6 Å². The van der Waals surface area contributed by atoms with Gasteiger partial charge in [0.25, 0.3) is 0 Å². The van der Waals surface area contributed by atoms with Crippen molar-refractivity contribution in [2.75, 3.05) is 0 Å². The number of nitrogens with one attached hydrogen (secondary N) is 1. The number of rotatable bonds is 0. The first-order chi connectivity index (χ1) is 8.50. The number of imidazole rings is 1. The molecule has 0 aliphatic carbocycles. The van der Waals surface area contributed by atoms with E-state index in [9.17, 15) is 4.79 Å². The van der Waals surface area contributed by atoms with E-state index in [1.165, 1.54) is 0 Å². The summed E-state index contributed by atoms with van der Waals surface area (Å²) in [6.07, 6.45) is 0. The molecular weight excluding hydrogens is 273 g/mol. The van der Waals surface area contributed by atoms with Crippen LogP contribution in [-0.2, 0) is 7.05 Å². The molecule has 0 spiro atoms. The molecule has 0 aliphatic heterocycles. The molecule has 3 aromatic rings. The highest BCUT2D eigenvalue weighted by Crippen LogP contribution is 2.29. The quantitative estimate of drug-likeness (QED) is 0.689. The zero-order valence-electron chi connectivity index (χ0n) is 9.71. The number of aryl methyl sites for hydroxylation is 2. The van der Waals surface area contributed by atoms with Crippen LogP contribution in [0.5, 0.6) is 0 Å². The van der Waals surface area contributed by atoms with E-state index in [1.807, 2.05) is 18.5 Å². The highest BCUT2D eigenvalue weighted by Gasteiger charge is 2.14. The Hall–Kier alpha value is -1.52. The number of halogens is 2. The van der Waals surface area contributed by atoms with Gasteiger partial charge in [0.1, 0.15) is 11.5 Å². The van der Waals surface area contributed by atoms with Crippen molar-refractivity contribution in [3.63, 3.8) is 0 Å². The van der Waals surface area contributed by atoms with Crippen molar-refractivity contribution >= 4 is 45.3 Å². The highest BCUT2D eigenvalue weighted by molar-refractivity contribution is 6.45. The molecule has 0 atom stereocenters. The van der Waals surface area contributed by atoms with E-state index in [1.54, 1.807) is 12.1 Å². The molecule has 0 fully saturated rings. The molecule has 0 amide bonds. The molecular formula is C12H9Cl2N3O. The maximum absolute atomic E-state index is 12.3. The summed E-state index contributed by atoms with van der Waals surface area (Å²) in [4.78, 5) is 19.7. The van der Waals surface area contributed by atoms with E-state index in [2.05, 4.69) is 9.97 Å². The number of hydrogen-bond acceptors (Lipinski definition) is 2. The summed E-state index contributed by atoms with van der Waals surface area (Å²) in [5, 5.41) is 1.26. The average Bonchev–Trinajstić information content (AvgIpc) is 2.63. The summed E-state index contributed by atoms with van der Waals surface area (Å²) in [5.74, 6) is 0.760. The summed E-state index contributed by atoms with van der Waals surface area (Å²) in [6, 6.07) is 3.27. The predicted octanol–water partition coefficient (Wildman–Crippen LogP) is 3.03. The van der Waals surface area contributed by atoms with Crippen LogP contribution < -0.4 is 5.43 Å². The molecule has 0 radical (unpaired) electrons. The fourth-order valence-corrected chi connectivity index (χ4v) is 2.39. The topological polar surface area (TPSA) is 50.7 Å². The smallest absolute Gasteiger partial charge is 0.217 e. The van der Waals surface area contributed by atoms with Crippen molar-refractivity contribution in [1.82, 2.24) is 14.5 Å². The lowest BCUT2D eigenvalue weighted by Crippen LogP contribution is -2.05. The Bertz CT molecular complexity index is 848. The maximum Gasteiger partial charge on any atom is 0.217 e. The Morgan fingerprint density at radius 3 is 2.78 bits per heavy atom. The lowest BCUT2D eigenvalue weighted by Gasteiger charge is -2.04. The molecule has 0 unspecified atom stereocenters. The van der Waals surface area contributed by atoms with Crippen molar-refractivity contribution in [3.8, 4) is 0 Å². The van der Waals surface area contributed by atoms with Crippen LogP contribution in [0, 0.1) is 6.92 Å². The van der Waals surface area contributed by atoms with Gasteiger partial charge in [-0.25, -0.2) is 4.98 Å². The van der Waals surface area contributed by atoms with Gasteiger partial charge in [0, 0.05) is 12.4 Å². The van der Waals surface area contributed by atoms with Crippen LogP contribution in [0.4, 0.5) is 0 Å². The van der Waals surface area contributed by atoms with Crippen molar-refractivity contribution in [2.45, 2.75) is 6.92 Å². The van der Waals surface area contributed by atoms with Crippen LogP contribution in [0.1, 0.15) is 5.82 Å². The SMILES string of the molecule is Cc1nc2c(=O)c3ccc(Cl)c(Cl)c3[nH]c2n1C. The third-order valence-electron chi connectivity index (χ3n) is 3.12. The van der Waals surface area contributed by atoms with Gasteiger partial charge >= 0.3 is 0 Å². The number of fused-ring (bicyclic) bond motifs is 2. The fourth-order valence-electron chi connectivity index (χ4n) is 2.02. The molecule has 2 heterocycles. The highest BCUT2D eigenvalue weighted by atomic mass is 35.5. The van der Waals surface area contributed by atoms with Gasteiger partial charge in [-0.15, -0.1) is 0 Å². The Labute approximate surface area is 112 Å². The normalized spacial score (nSPS) is 11.6. The minimum Gasteiger partial charge on any atom is -0.338 e. The van der Waals surface area contributed by atoms with Gasteiger partial charge in [0.2, 0.25) is 5.43 Å². The molecule has 6 heteroatoms. The standard InChI is InChI=1S/C12H9Cl2N3O/c1-5-15-10-11(18)6-3-4-7(13)8(14)9(6)16-12(10)17(5)2/h3-4H,1-2H3,(H,16,18). The number of hydrogen-bond donors (Lipinski definition) is 1. The molecule has 4 nitrogen and oxygen atoms in total. The van der Waals surface area contributed by atoms with Crippen LogP contribution in [0.2, 0.25) is 10.0 Å². The van der Waals surface area contributed by atoms with Crippen molar-refractivity contribution in [3.05, 3.63) is 38.2 Å². The zero-order chi connectivity index (χ0) is 13.0. The monoisotopic (exact) mass is 281 g/mol. The van der Waals surface area contributed by atoms with Crippen LogP contribution in [-0.4, -0.2) is 14.5 Å². The van der Waals surface area contributed by atoms with Crippen LogP contribution in [0.15, 0.2) is 16.9 Å². The second kappa shape index (κ2) is 3.73. The van der Waals surface area contributed by atoms with Crippen molar-refractivity contribution < 1.29 is 0 Å². The molecule has 92 valence electrons. The summed E-state index contributed by atoms with van der Waals surface area (Å²) >= 11 is 12.1. The van der Waals surface area contributed by atoms with E-state index in [-0.39, 0.29) is 5.43 Å². The lowest BCUT2D eigenvalue weighted by molar-refractivity contribution is 0.876. The predicted molar refractivity (Wildman–Crippen MR) is 73.6 cm³/mol. The number of aromatic nitrogens is 3. The van der Waals surface area contributed by atoms with Crippen LogP contribution in [0.25, 0.3) is 22.1 Å². The second-order valence-corrected chi connectivity index (χ2v) is 4.94. The van der Waals surface area contributed by atoms with Gasteiger partial charge in [-0.05, 0) is 19.1 Å². The Morgan fingerprint density at radius 1 is 1.33 bits per heavy atom. The van der Waals surface area contributed by atoms with E-state index in [0.29, 0.717) is 32.1 Å². The number of pyridine rings is 1. The number of H-pyrrole nitrogens is 1. The number of nitrogens with zero attached hydrogens (tertiary/aromatic N) is 2. The minimum atomic E-state index is -0.138. The molecule has 0 aliphatic rings. The third-order valence-corrected chi connectivity index (χ3v) is 3.92. The van der Waals surface area contributed by atoms with Gasteiger partial charge in [-0.3, -0.25) is 4.79 Å². The average molecular weight is 282 g/mol. The molecule has 1 aromatic carbocycles. The van der Waals surface area contributed by atoms with E-state index in [4.69, 9.17) is 23.2 Å². The minimum absolute atomic E-state index is 0.138. The van der Waals surface area contributed by atoms with E-state index >= 15 is 0 Å². The summed E-state index contributed by atoms with van der Waals surface area (Å²) in [7, 11) is 1.84. The zero-order valence-corrected chi connectivity index (χ0v) is 11.2. The largest absolute Gasteiger partial charge is 0.338 e. The second-order valence-electron chi connectivity index (χ2n) is 4.15. The Morgan fingerprint density at radius 2 is 2.06 bits per heavy atom. The molecule has 1 N–H and O–H groups in total. The molecule has 18 heavy (non-hydrogen) atoms. The summed E-state index contributed by atoms with van der Waals surface area (Å²) in [6.45, 7) is 1.84. The Balaban J connectivity index is 2.65. The van der Waals surface area contributed by atoms with Crippen molar-refractivity contribution in [1.29, 1.82) is 0 Å². The Kier molecular flexibility index (Phi) is 2.40. The maximum atomic E-state index is 12.3. The summed E-state index contributed by atoms with van der Waals surface area (Å²) < 4.78 is 1.81. The first kappa shape index (κ1) is 11.6. The fraction of sp³-hybridized carbons (Fsp3) is 0.167. The van der Waals surface area contributed by atoms with Crippen molar-refractivity contribution in [2.24, 2.45) is 7.05 Å². The summed E-state index contributed by atoms with van der Waals surface area (Å²) in [5.41, 5.74) is 1.47. The van der Waals surface area contributed by atoms with Gasteiger partial charge in [-0.1, -0.05) is 23.2 Å². The number of aromatic amines is 1. The van der Waals surface area contributed by atoms with Crippen LogP contribution in [0.3, 0.4) is 0 Å². The van der Waals surface area contributed by atoms with E-state index < -0.39 is 0 Å². The van der Waals surface area contributed by atoms with Gasteiger partial charge in [0.15, 0.2) is 5.52 Å². The van der Waals surface area contributed by atoms with Crippen LogP contribution >= 0.6 is 23.2 Å².